The fourth-order valence-electron chi connectivity index (χ4n) is 7.53. The quantitative estimate of drug-likeness (QED) is 0.378. The van der Waals surface area contributed by atoms with Gasteiger partial charge in [0.15, 0.2) is 5.78 Å². The zero-order valence-corrected chi connectivity index (χ0v) is 23.5. The van der Waals surface area contributed by atoms with Crippen molar-refractivity contribution in [2.45, 2.75) is 62.6 Å². The van der Waals surface area contributed by atoms with Crippen molar-refractivity contribution in [2.75, 3.05) is 5.32 Å². The van der Waals surface area contributed by atoms with Gasteiger partial charge < -0.3 is 15.5 Å². The van der Waals surface area contributed by atoms with Gasteiger partial charge in [0.05, 0.1) is 22.6 Å². The van der Waals surface area contributed by atoms with Crippen LogP contribution in [0.15, 0.2) is 91.2 Å². The van der Waals surface area contributed by atoms with Gasteiger partial charge in [0.25, 0.3) is 5.91 Å². The first-order valence-electron chi connectivity index (χ1n) is 14.4. The lowest BCUT2D eigenvalue weighted by molar-refractivity contribution is -0.214. The van der Waals surface area contributed by atoms with Crippen molar-refractivity contribution in [3.05, 3.63) is 119 Å². The van der Waals surface area contributed by atoms with E-state index in [1.54, 1.807) is 37.4 Å². The Morgan fingerprint density at radius 3 is 2.61 bits per heavy atom. The van der Waals surface area contributed by atoms with Gasteiger partial charge in [-0.15, -0.1) is 0 Å². The molecule has 41 heavy (non-hydrogen) atoms. The van der Waals surface area contributed by atoms with E-state index in [1.165, 1.54) is 0 Å². The highest BCUT2D eigenvalue weighted by atomic mass is 16.4. The summed E-state index contributed by atoms with van der Waals surface area (Å²) in [5.74, 6) is -0.761. The van der Waals surface area contributed by atoms with Crippen LogP contribution in [0.2, 0.25) is 0 Å². The maximum Gasteiger partial charge on any atom is 0.255 e. The van der Waals surface area contributed by atoms with Crippen molar-refractivity contribution < 1.29 is 19.8 Å². The second-order valence-corrected chi connectivity index (χ2v) is 12.2. The van der Waals surface area contributed by atoms with Crippen molar-refractivity contribution in [1.29, 1.82) is 0 Å². The lowest BCUT2D eigenvalue weighted by Crippen LogP contribution is -2.67. The minimum Gasteiger partial charge on any atom is -0.387 e. The highest BCUT2D eigenvalue weighted by molar-refractivity contribution is 6.07. The van der Waals surface area contributed by atoms with Crippen LogP contribution in [-0.4, -0.2) is 38.1 Å². The Morgan fingerprint density at radius 1 is 1.07 bits per heavy atom. The molecule has 6 nitrogen and oxygen atoms in total. The van der Waals surface area contributed by atoms with Crippen molar-refractivity contribution in [3.63, 3.8) is 0 Å². The van der Waals surface area contributed by atoms with Crippen LogP contribution in [0.3, 0.4) is 0 Å². The SMILES string of the molecule is Cc1ncccc1NC(=O)c1ccc2c(c1)C(=O)C[C@@H]1C[C@@](O)(C3C=CC=CC3)[C@](C)(O)C[C@@]21Cc1ccccc1. The fraction of sp³-hybridized carbons (Fsp3) is 0.343. The zero-order valence-electron chi connectivity index (χ0n) is 23.5. The summed E-state index contributed by atoms with van der Waals surface area (Å²) in [5.41, 5.74) is 0.815. The van der Waals surface area contributed by atoms with Crippen LogP contribution in [0.4, 0.5) is 5.69 Å². The molecule has 5 atom stereocenters. The van der Waals surface area contributed by atoms with E-state index in [0.29, 0.717) is 48.2 Å². The minimum atomic E-state index is -1.41. The molecule has 3 aromatic rings. The van der Waals surface area contributed by atoms with E-state index < -0.39 is 16.6 Å². The summed E-state index contributed by atoms with van der Waals surface area (Å²) < 4.78 is 0. The highest BCUT2D eigenvalue weighted by Crippen LogP contribution is 2.59. The summed E-state index contributed by atoms with van der Waals surface area (Å²) in [7, 11) is 0. The summed E-state index contributed by atoms with van der Waals surface area (Å²) in [4.78, 5) is 31.2. The van der Waals surface area contributed by atoms with Gasteiger partial charge in [-0.2, -0.15) is 0 Å². The smallest absolute Gasteiger partial charge is 0.255 e. The Morgan fingerprint density at radius 2 is 1.88 bits per heavy atom. The Labute approximate surface area is 240 Å². The number of carbonyl (C=O) groups excluding carboxylic acids is 2. The highest BCUT2D eigenvalue weighted by Gasteiger charge is 2.63. The third-order valence-electron chi connectivity index (χ3n) is 9.69. The van der Waals surface area contributed by atoms with Gasteiger partial charge in [-0.25, -0.2) is 0 Å². The molecule has 0 aliphatic heterocycles. The van der Waals surface area contributed by atoms with Gasteiger partial charge in [0.2, 0.25) is 0 Å². The number of hydrogen-bond acceptors (Lipinski definition) is 5. The fourth-order valence-corrected chi connectivity index (χ4v) is 7.53. The largest absolute Gasteiger partial charge is 0.387 e. The topological polar surface area (TPSA) is 99.5 Å². The van der Waals surface area contributed by atoms with E-state index in [2.05, 4.69) is 22.4 Å². The zero-order chi connectivity index (χ0) is 28.8. The van der Waals surface area contributed by atoms with Crippen molar-refractivity contribution in [3.8, 4) is 0 Å². The molecule has 6 rings (SSSR count). The number of Topliss-reactive ketones (excluding diaryl/α,β-unsaturated/α-hetero) is 1. The normalized spacial score (nSPS) is 30.4. The summed E-state index contributed by atoms with van der Waals surface area (Å²) in [5, 5.41) is 27.2. The molecule has 3 aliphatic carbocycles. The number of nitrogens with one attached hydrogen (secondary N) is 1. The van der Waals surface area contributed by atoms with Crippen molar-refractivity contribution >= 4 is 17.4 Å². The molecule has 1 amide bonds. The van der Waals surface area contributed by atoms with Gasteiger partial charge >= 0.3 is 0 Å². The molecule has 1 unspecified atom stereocenters. The minimum absolute atomic E-state index is 0.0381. The molecule has 6 heteroatoms. The first-order valence-corrected chi connectivity index (χ1v) is 14.4. The number of hydrogen-bond donors (Lipinski definition) is 3. The van der Waals surface area contributed by atoms with Gasteiger partial charge in [0, 0.05) is 35.1 Å². The number of pyridine rings is 1. The molecule has 1 saturated carbocycles. The molecule has 1 aromatic heterocycles. The number of nitrogens with zero attached hydrogens (tertiary/aromatic N) is 1. The van der Waals surface area contributed by atoms with Gasteiger partial charge in [-0.1, -0.05) is 60.7 Å². The summed E-state index contributed by atoms with van der Waals surface area (Å²) >= 11 is 0. The van der Waals surface area contributed by atoms with Crippen LogP contribution in [0.25, 0.3) is 0 Å². The first kappa shape index (κ1) is 27.3. The molecule has 0 bridgehead atoms. The van der Waals surface area contributed by atoms with E-state index in [9.17, 15) is 19.8 Å². The molecule has 3 N–H and O–H groups in total. The number of benzene rings is 2. The van der Waals surface area contributed by atoms with Gasteiger partial charge in [-0.05, 0) is 80.8 Å². The summed E-state index contributed by atoms with van der Waals surface area (Å²) in [6, 6.07) is 19.1. The molecule has 1 fully saturated rings. The predicted octanol–water partition coefficient (Wildman–Crippen LogP) is 5.73. The second-order valence-electron chi connectivity index (χ2n) is 12.2. The standard InChI is InChI=1S/C35H36N2O4/c1-23-30(14-9-17-36-23)37-32(39)25-15-16-29-28(18-25)31(38)19-27-21-35(41,26-12-7-4-8-13-26)33(2,40)22-34(27,29)20-24-10-5-3-6-11-24/h3-12,14-18,26-27,40-41H,13,19-22H2,1-2H3,(H,37,39)/t26?,27-,33-,34-,35-/m1/s1. The molecule has 210 valence electrons. The monoisotopic (exact) mass is 548 g/mol. The Hall–Kier alpha value is -3.87. The molecule has 0 spiro atoms. The molecule has 0 radical (unpaired) electrons. The van der Waals surface area contributed by atoms with Crippen LogP contribution >= 0.6 is 0 Å². The molecular formula is C35H36N2O4. The first-order chi connectivity index (χ1) is 19.6. The van der Waals surface area contributed by atoms with Gasteiger partial charge in [-0.3, -0.25) is 14.6 Å². The van der Waals surface area contributed by atoms with E-state index in [-0.39, 0.29) is 29.9 Å². The van der Waals surface area contributed by atoms with E-state index in [1.807, 2.05) is 55.5 Å². The average molecular weight is 549 g/mol. The number of aliphatic hydroxyl groups is 2. The number of aryl methyl sites for hydroxylation is 1. The number of rotatable bonds is 5. The van der Waals surface area contributed by atoms with Crippen molar-refractivity contribution in [1.82, 2.24) is 4.98 Å². The summed E-state index contributed by atoms with van der Waals surface area (Å²) in [6.07, 6.45) is 11.7. The molecular weight excluding hydrogens is 512 g/mol. The van der Waals surface area contributed by atoms with Gasteiger partial charge in [0.1, 0.15) is 0 Å². The van der Waals surface area contributed by atoms with Crippen LogP contribution in [0, 0.1) is 18.8 Å². The Balaban J connectivity index is 1.43. The number of amides is 1. The number of aromatic nitrogens is 1. The van der Waals surface area contributed by atoms with Crippen LogP contribution < -0.4 is 5.32 Å². The Kier molecular flexibility index (Phi) is 6.79. The number of allylic oxidation sites excluding steroid dienone is 3. The third-order valence-corrected chi connectivity index (χ3v) is 9.69. The van der Waals surface area contributed by atoms with Crippen LogP contribution in [0.5, 0.6) is 0 Å². The van der Waals surface area contributed by atoms with Crippen LogP contribution in [0.1, 0.15) is 70.1 Å². The molecule has 0 saturated heterocycles. The lowest BCUT2D eigenvalue weighted by atomic mass is 9.47. The van der Waals surface area contributed by atoms with E-state index >= 15 is 0 Å². The van der Waals surface area contributed by atoms with E-state index in [0.717, 1.165) is 11.1 Å². The molecule has 3 aliphatic rings. The lowest BCUT2D eigenvalue weighted by Gasteiger charge is -2.60. The number of fused-ring (bicyclic) bond motifs is 3. The van der Waals surface area contributed by atoms with Crippen molar-refractivity contribution in [2.24, 2.45) is 11.8 Å². The van der Waals surface area contributed by atoms with Crippen LogP contribution in [-0.2, 0) is 11.8 Å². The molecule has 1 heterocycles. The maximum absolute atomic E-state index is 13.8. The maximum atomic E-state index is 13.8. The number of carbonyl (C=O) groups is 2. The Bertz CT molecular complexity index is 1560. The second kappa shape index (κ2) is 10.2. The number of anilines is 1. The van der Waals surface area contributed by atoms with E-state index in [4.69, 9.17) is 0 Å². The molecule has 2 aromatic carbocycles. The summed E-state index contributed by atoms with van der Waals surface area (Å²) in [6.45, 7) is 3.57. The number of ketones is 1. The predicted molar refractivity (Wildman–Crippen MR) is 159 cm³/mol. The average Bonchev–Trinajstić information content (AvgIpc) is 2.97. The third kappa shape index (κ3) is 4.65.